The number of hydrogen-bond acceptors (Lipinski definition) is 5. The van der Waals surface area contributed by atoms with Crippen molar-refractivity contribution < 1.29 is 0 Å². The Morgan fingerprint density at radius 2 is 2.17 bits per heavy atom. The van der Waals surface area contributed by atoms with Gasteiger partial charge in [0.2, 0.25) is 5.95 Å². The van der Waals surface area contributed by atoms with Gasteiger partial charge in [-0.3, -0.25) is 9.55 Å². The smallest absolute Gasteiger partial charge is 0.221 e. The third-order valence-corrected chi connectivity index (χ3v) is 2.57. The predicted molar refractivity (Wildman–Crippen MR) is 65.8 cm³/mol. The highest BCUT2D eigenvalue weighted by molar-refractivity contribution is 5.78. The lowest BCUT2D eigenvalue weighted by molar-refractivity contribution is 1.02. The third kappa shape index (κ3) is 1.55. The molecule has 3 heterocycles. The summed E-state index contributed by atoms with van der Waals surface area (Å²) in [7, 11) is 0. The molecule has 0 spiro atoms. The summed E-state index contributed by atoms with van der Waals surface area (Å²) >= 11 is 0. The Bertz CT molecular complexity index is 768. The van der Waals surface area contributed by atoms with Crippen molar-refractivity contribution in [2.75, 3.05) is 5.73 Å². The van der Waals surface area contributed by atoms with Crippen molar-refractivity contribution in [1.29, 1.82) is 5.26 Å². The monoisotopic (exact) mass is 236 g/mol. The molecule has 3 rings (SSSR count). The normalized spacial score (nSPS) is 10.4. The molecule has 3 aromatic heterocycles. The van der Waals surface area contributed by atoms with Gasteiger partial charge in [-0.2, -0.15) is 10.2 Å². The topological polar surface area (TPSA) is 93.4 Å². The molecule has 0 radical (unpaired) electrons. The number of aromatic nitrogens is 4. The van der Waals surface area contributed by atoms with Gasteiger partial charge in [0.1, 0.15) is 11.9 Å². The van der Waals surface area contributed by atoms with Crippen LogP contribution in [0.15, 0.2) is 36.8 Å². The van der Waals surface area contributed by atoms with E-state index in [0.29, 0.717) is 11.4 Å². The van der Waals surface area contributed by atoms with Gasteiger partial charge in [-0.25, -0.2) is 4.98 Å². The summed E-state index contributed by atoms with van der Waals surface area (Å²) in [4.78, 5) is 12.2. The number of hydrogen-bond donors (Lipinski definition) is 1. The van der Waals surface area contributed by atoms with Crippen LogP contribution in [0, 0.1) is 11.3 Å². The summed E-state index contributed by atoms with van der Waals surface area (Å²) in [6.45, 7) is 0. The zero-order valence-electron chi connectivity index (χ0n) is 9.28. The van der Waals surface area contributed by atoms with E-state index in [2.05, 4.69) is 21.0 Å². The van der Waals surface area contributed by atoms with Crippen LogP contribution in [0.25, 0.3) is 16.9 Å². The Balaban J connectivity index is 2.27. The second-order valence-corrected chi connectivity index (χ2v) is 3.70. The predicted octanol–water partition coefficient (Wildman–Crippen LogP) is 1.27. The molecule has 6 nitrogen and oxygen atoms in total. The molecule has 2 N–H and O–H groups in total. The lowest BCUT2D eigenvalue weighted by atomic mass is 10.3. The standard InChI is InChI=1S/C12H8N6/c13-6-8-5-10-9(16-7-8)2-4-18(10)11-1-3-15-12(14)17-11/h1-5,7H,(H2,14,15,17). The number of anilines is 1. The van der Waals surface area contributed by atoms with Gasteiger partial charge in [0, 0.05) is 18.6 Å². The van der Waals surface area contributed by atoms with Crippen molar-refractivity contribution >= 4 is 17.0 Å². The van der Waals surface area contributed by atoms with Gasteiger partial charge in [-0.05, 0) is 18.2 Å². The molecular weight excluding hydrogens is 228 g/mol. The highest BCUT2D eigenvalue weighted by Gasteiger charge is 2.06. The van der Waals surface area contributed by atoms with E-state index >= 15 is 0 Å². The number of fused-ring (bicyclic) bond motifs is 1. The van der Waals surface area contributed by atoms with Crippen LogP contribution in [0.4, 0.5) is 5.95 Å². The second kappa shape index (κ2) is 3.82. The third-order valence-electron chi connectivity index (χ3n) is 2.57. The molecule has 18 heavy (non-hydrogen) atoms. The molecule has 0 aliphatic rings. The summed E-state index contributed by atoms with van der Waals surface area (Å²) in [5.41, 5.74) is 7.68. The average molecular weight is 236 g/mol. The minimum atomic E-state index is 0.207. The maximum atomic E-state index is 8.90. The van der Waals surface area contributed by atoms with Crippen LogP contribution in [0.2, 0.25) is 0 Å². The van der Waals surface area contributed by atoms with Gasteiger partial charge in [-0.1, -0.05) is 0 Å². The molecule has 0 aliphatic carbocycles. The Morgan fingerprint density at radius 3 is 2.94 bits per heavy atom. The Morgan fingerprint density at radius 1 is 1.28 bits per heavy atom. The van der Waals surface area contributed by atoms with Crippen LogP contribution in [0.1, 0.15) is 5.56 Å². The highest BCUT2D eigenvalue weighted by Crippen LogP contribution is 2.18. The molecule has 0 unspecified atom stereocenters. The fourth-order valence-corrected chi connectivity index (χ4v) is 1.77. The number of pyridine rings is 1. The summed E-state index contributed by atoms with van der Waals surface area (Å²) in [6, 6.07) is 7.43. The minimum Gasteiger partial charge on any atom is -0.368 e. The van der Waals surface area contributed by atoms with Crippen molar-refractivity contribution in [2.24, 2.45) is 0 Å². The van der Waals surface area contributed by atoms with Crippen LogP contribution < -0.4 is 5.73 Å². The number of nitrogens with zero attached hydrogens (tertiary/aromatic N) is 5. The molecule has 3 aromatic rings. The van der Waals surface area contributed by atoms with E-state index in [-0.39, 0.29) is 5.95 Å². The summed E-state index contributed by atoms with van der Waals surface area (Å²) < 4.78 is 1.82. The molecule has 0 saturated heterocycles. The molecule has 0 aliphatic heterocycles. The van der Waals surface area contributed by atoms with E-state index in [1.807, 2.05) is 16.8 Å². The van der Waals surface area contributed by atoms with Crippen molar-refractivity contribution in [3.8, 4) is 11.9 Å². The van der Waals surface area contributed by atoms with Gasteiger partial charge in [-0.15, -0.1) is 0 Å². The number of nitrogens with two attached hydrogens (primary N) is 1. The maximum Gasteiger partial charge on any atom is 0.221 e. The van der Waals surface area contributed by atoms with Crippen molar-refractivity contribution in [1.82, 2.24) is 19.5 Å². The molecule has 0 aromatic carbocycles. The molecule has 0 atom stereocenters. The van der Waals surface area contributed by atoms with E-state index in [4.69, 9.17) is 11.0 Å². The Hall–Kier alpha value is -2.94. The van der Waals surface area contributed by atoms with Gasteiger partial charge in [0.05, 0.1) is 16.6 Å². The van der Waals surface area contributed by atoms with E-state index in [0.717, 1.165) is 11.0 Å². The van der Waals surface area contributed by atoms with Crippen LogP contribution >= 0.6 is 0 Å². The summed E-state index contributed by atoms with van der Waals surface area (Å²) in [6.07, 6.45) is 4.96. The SMILES string of the molecule is N#Cc1cnc2ccn(-c3ccnc(N)n3)c2c1. The van der Waals surface area contributed by atoms with Crippen molar-refractivity contribution in [2.45, 2.75) is 0 Å². The molecule has 0 fully saturated rings. The van der Waals surface area contributed by atoms with Crippen LogP contribution in [0.5, 0.6) is 0 Å². The van der Waals surface area contributed by atoms with E-state index in [1.54, 1.807) is 24.5 Å². The molecule has 0 bridgehead atoms. The lowest BCUT2D eigenvalue weighted by Crippen LogP contribution is -2.01. The zero-order chi connectivity index (χ0) is 12.5. The lowest BCUT2D eigenvalue weighted by Gasteiger charge is -2.04. The first-order valence-electron chi connectivity index (χ1n) is 5.24. The van der Waals surface area contributed by atoms with E-state index in [9.17, 15) is 0 Å². The highest BCUT2D eigenvalue weighted by atomic mass is 15.1. The Labute approximate surface area is 102 Å². The number of nitrogen functional groups attached to an aromatic ring is 1. The fraction of sp³-hybridized carbons (Fsp3) is 0. The molecule has 86 valence electrons. The van der Waals surface area contributed by atoms with E-state index in [1.165, 1.54) is 0 Å². The summed E-state index contributed by atoms with van der Waals surface area (Å²) in [5, 5.41) is 8.90. The molecule has 6 heteroatoms. The average Bonchev–Trinajstić information content (AvgIpc) is 2.81. The Kier molecular flexibility index (Phi) is 2.17. The first kappa shape index (κ1) is 10.2. The zero-order valence-corrected chi connectivity index (χ0v) is 9.28. The van der Waals surface area contributed by atoms with Crippen LogP contribution in [0.3, 0.4) is 0 Å². The molecule has 0 saturated carbocycles. The molecular formula is C12H8N6. The number of rotatable bonds is 1. The first-order valence-corrected chi connectivity index (χ1v) is 5.24. The molecule has 0 amide bonds. The van der Waals surface area contributed by atoms with Crippen molar-refractivity contribution in [3.05, 3.63) is 42.4 Å². The first-order chi connectivity index (χ1) is 8.78. The number of nitriles is 1. The van der Waals surface area contributed by atoms with Gasteiger partial charge < -0.3 is 5.73 Å². The maximum absolute atomic E-state index is 8.90. The van der Waals surface area contributed by atoms with E-state index < -0.39 is 0 Å². The minimum absolute atomic E-state index is 0.207. The largest absolute Gasteiger partial charge is 0.368 e. The quantitative estimate of drug-likeness (QED) is 0.686. The van der Waals surface area contributed by atoms with Gasteiger partial charge >= 0.3 is 0 Å². The van der Waals surface area contributed by atoms with Gasteiger partial charge in [0.15, 0.2) is 0 Å². The van der Waals surface area contributed by atoms with Crippen LogP contribution in [-0.4, -0.2) is 19.5 Å². The summed E-state index contributed by atoms with van der Waals surface area (Å²) in [5.74, 6) is 0.855. The fourth-order valence-electron chi connectivity index (χ4n) is 1.77. The van der Waals surface area contributed by atoms with Crippen molar-refractivity contribution in [3.63, 3.8) is 0 Å². The van der Waals surface area contributed by atoms with Crippen LogP contribution in [-0.2, 0) is 0 Å². The second-order valence-electron chi connectivity index (χ2n) is 3.70. The van der Waals surface area contributed by atoms with Gasteiger partial charge in [0.25, 0.3) is 0 Å².